The molecule has 1 heterocycles. The van der Waals surface area contributed by atoms with Crippen LogP contribution in [0.1, 0.15) is 6.92 Å². The highest BCUT2D eigenvalue weighted by molar-refractivity contribution is 5.48. The van der Waals surface area contributed by atoms with E-state index >= 15 is 0 Å². The summed E-state index contributed by atoms with van der Waals surface area (Å²) in [4.78, 5) is 12.3. The maximum Gasteiger partial charge on any atom is 0.122 e. The van der Waals surface area contributed by atoms with Crippen molar-refractivity contribution >= 4 is 5.94 Å². The van der Waals surface area contributed by atoms with Gasteiger partial charge < -0.3 is 4.74 Å². The van der Waals surface area contributed by atoms with Crippen LogP contribution in [0.3, 0.4) is 0 Å². The third-order valence-corrected chi connectivity index (χ3v) is 1.96. The Kier molecular flexibility index (Phi) is 4.28. The summed E-state index contributed by atoms with van der Waals surface area (Å²) >= 11 is 0. The first-order valence-corrected chi connectivity index (χ1v) is 4.33. The first kappa shape index (κ1) is 10.0. The molecule has 0 saturated carbocycles. The molecule has 1 atom stereocenters. The molecule has 0 amide bonds. The van der Waals surface area contributed by atoms with Gasteiger partial charge in [0.15, 0.2) is 0 Å². The van der Waals surface area contributed by atoms with E-state index < -0.39 is 0 Å². The zero-order valence-electron chi connectivity index (χ0n) is 7.75. The highest BCUT2D eigenvalue weighted by Crippen LogP contribution is 2.03. The van der Waals surface area contributed by atoms with Gasteiger partial charge >= 0.3 is 0 Å². The highest BCUT2D eigenvalue weighted by Gasteiger charge is 2.16. The van der Waals surface area contributed by atoms with Crippen LogP contribution in [0.4, 0.5) is 0 Å². The van der Waals surface area contributed by atoms with E-state index in [-0.39, 0.29) is 6.04 Å². The van der Waals surface area contributed by atoms with Crippen molar-refractivity contribution in [2.45, 2.75) is 13.0 Å². The maximum absolute atomic E-state index is 10.2. The van der Waals surface area contributed by atoms with Crippen LogP contribution >= 0.6 is 0 Å². The molecule has 0 aromatic carbocycles. The van der Waals surface area contributed by atoms with Crippen molar-refractivity contribution < 1.29 is 9.53 Å². The van der Waals surface area contributed by atoms with E-state index in [1.807, 2.05) is 0 Å². The fraction of sp³-hybridized carbons (Fsp3) is 0.600. The monoisotopic (exact) mass is 179 g/mol. The Labute approximate surface area is 78.4 Å². The van der Waals surface area contributed by atoms with Gasteiger partial charge in [-0.25, -0.2) is 4.79 Å². The van der Waals surface area contributed by atoms with Crippen molar-refractivity contribution in [3.63, 3.8) is 0 Å². The topological polar surface area (TPSA) is 29.5 Å². The van der Waals surface area contributed by atoms with Gasteiger partial charge in [0.1, 0.15) is 12.0 Å². The van der Waals surface area contributed by atoms with Crippen LogP contribution in [0.15, 0.2) is 6.08 Å². The Morgan fingerprint density at radius 3 is 2.69 bits per heavy atom. The summed E-state index contributed by atoms with van der Waals surface area (Å²) in [7, 11) is 0. The van der Waals surface area contributed by atoms with Gasteiger partial charge in [0.2, 0.25) is 0 Å². The molecule has 0 aliphatic carbocycles. The molecule has 0 bridgehead atoms. The zero-order valence-corrected chi connectivity index (χ0v) is 7.75. The molecular weight excluding hydrogens is 166 g/mol. The largest absolute Gasteiger partial charge is 0.379 e. The van der Waals surface area contributed by atoms with Crippen molar-refractivity contribution in [1.29, 1.82) is 0 Å². The minimum absolute atomic E-state index is 0.0913. The summed E-state index contributed by atoms with van der Waals surface area (Å²) in [5.74, 6) is 7.55. The molecule has 70 valence electrons. The van der Waals surface area contributed by atoms with E-state index in [1.54, 1.807) is 12.9 Å². The van der Waals surface area contributed by atoms with E-state index in [1.165, 1.54) is 6.08 Å². The van der Waals surface area contributed by atoms with Crippen molar-refractivity contribution in [2.75, 3.05) is 26.3 Å². The van der Waals surface area contributed by atoms with Gasteiger partial charge in [0.05, 0.1) is 13.2 Å². The molecule has 3 heteroatoms. The van der Waals surface area contributed by atoms with Crippen molar-refractivity contribution in [3.8, 4) is 11.8 Å². The number of rotatable bonds is 2. The van der Waals surface area contributed by atoms with Crippen LogP contribution in [-0.4, -0.2) is 43.2 Å². The predicted octanol–water partition coefficient (Wildman–Crippen LogP) is 0.0983. The summed E-state index contributed by atoms with van der Waals surface area (Å²) < 4.78 is 5.20. The van der Waals surface area contributed by atoms with E-state index in [0.717, 1.165) is 13.1 Å². The van der Waals surface area contributed by atoms with Crippen LogP contribution in [0.25, 0.3) is 0 Å². The summed E-state index contributed by atoms with van der Waals surface area (Å²) in [6, 6.07) is -0.0913. The minimum Gasteiger partial charge on any atom is -0.379 e. The first-order chi connectivity index (χ1) is 6.38. The number of nitrogens with zero attached hydrogens (tertiary/aromatic N) is 1. The lowest BCUT2D eigenvalue weighted by Crippen LogP contribution is -2.42. The standard InChI is InChI=1S/C10H13NO2/c1-2-3-10(4-7-12)11-5-8-13-9-6-11/h4,10H,5-6,8-9H2,1H3. The molecule has 3 nitrogen and oxygen atoms in total. The second-order valence-electron chi connectivity index (χ2n) is 2.77. The lowest BCUT2D eigenvalue weighted by Gasteiger charge is -2.29. The van der Waals surface area contributed by atoms with E-state index in [4.69, 9.17) is 4.74 Å². The Bertz CT molecular complexity index is 252. The van der Waals surface area contributed by atoms with Gasteiger partial charge in [-0.1, -0.05) is 5.92 Å². The molecule has 1 unspecified atom stereocenters. The summed E-state index contributed by atoms with van der Waals surface area (Å²) in [5.41, 5.74) is 0. The van der Waals surface area contributed by atoms with Gasteiger partial charge in [-0.2, -0.15) is 0 Å². The van der Waals surface area contributed by atoms with Crippen LogP contribution in [-0.2, 0) is 9.53 Å². The number of hydrogen-bond acceptors (Lipinski definition) is 3. The molecule has 1 aliphatic rings. The Hall–Kier alpha value is -1.07. The zero-order chi connectivity index (χ0) is 9.52. The number of carbonyl (C=O) groups excluding carboxylic acids is 1. The minimum atomic E-state index is -0.0913. The lowest BCUT2D eigenvalue weighted by atomic mass is 10.2. The van der Waals surface area contributed by atoms with Gasteiger partial charge in [-0.05, 0) is 6.92 Å². The molecule has 0 N–H and O–H groups in total. The second-order valence-corrected chi connectivity index (χ2v) is 2.77. The maximum atomic E-state index is 10.2. The number of morpholine rings is 1. The number of hydrogen-bond donors (Lipinski definition) is 0. The summed E-state index contributed by atoms with van der Waals surface area (Å²) in [5, 5.41) is 0. The van der Waals surface area contributed by atoms with Crippen LogP contribution < -0.4 is 0 Å². The SMILES string of the molecule is CC#CC(C=C=O)N1CCOCC1. The molecule has 0 spiro atoms. The van der Waals surface area contributed by atoms with Crippen LogP contribution in [0, 0.1) is 11.8 Å². The van der Waals surface area contributed by atoms with E-state index in [2.05, 4.69) is 16.7 Å². The highest BCUT2D eigenvalue weighted by atomic mass is 16.5. The van der Waals surface area contributed by atoms with Crippen molar-refractivity contribution in [1.82, 2.24) is 4.90 Å². The Balaban J connectivity index is 2.60. The fourth-order valence-corrected chi connectivity index (χ4v) is 1.31. The van der Waals surface area contributed by atoms with Crippen molar-refractivity contribution in [3.05, 3.63) is 6.08 Å². The molecule has 1 saturated heterocycles. The first-order valence-electron chi connectivity index (χ1n) is 4.33. The normalized spacial score (nSPS) is 19.5. The second kappa shape index (κ2) is 5.55. The van der Waals surface area contributed by atoms with Gasteiger partial charge in [0.25, 0.3) is 0 Å². The quantitative estimate of drug-likeness (QED) is 0.445. The third-order valence-electron chi connectivity index (χ3n) is 1.96. The summed E-state index contributed by atoms with van der Waals surface area (Å²) in [6.07, 6.45) is 1.46. The average Bonchev–Trinajstić information content (AvgIpc) is 2.19. The molecule has 1 aliphatic heterocycles. The van der Waals surface area contributed by atoms with Crippen molar-refractivity contribution in [2.24, 2.45) is 0 Å². The Morgan fingerprint density at radius 2 is 2.15 bits per heavy atom. The van der Waals surface area contributed by atoms with Crippen LogP contribution in [0.5, 0.6) is 0 Å². The number of ether oxygens (including phenoxy) is 1. The molecule has 0 aromatic rings. The molecule has 1 fully saturated rings. The molecule has 1 rings (SSSR count). The van der Waals surface area contributed by atoms with E-state index in [9.17, 15) is 4.79 Å². The average molecular weight is 179 g/mol. The van der Waals surface area contributed by atoms with Gasteiger partial charge in [0, 0.05) is 19.2 Å². The van der Waals surface area contributed by atoms with E-state index in [0.29, 0.717) is 13.2 Å². The Morgan fingerprint density at radius 1 is 1.46 bits per heavy atom. The molecule has 0 aromatic heterocycles. The van der Waals surface area contributed by atoms with Crippen LogP contribution in [0.2, 0.25) is 0 Å². The fourth-order valence-electron chi connectivity index (χ4n) is 1.31. The van der Waals surface area contributed by atoms with Gasteiger partial charge in [-0.15, -0.1) is 5.92 Å². The summed E-state index contributed by atoms with van der Waals surface area (Å²) in [6.45, 7) is 4.87. The molecular formula is C10H13NO2. The molecule has 13 heavy (non-hydrogen) atoms. The van der Waals surface area contributed by atoms with Gasteiger partial charge in [-0.3, -0.25) is 4.90 Å². The smallest absolute Gasteiger partial charge is 0.122 e. The lowest BCUT2D eigenvalue weighted by molar-refractivity contribution is 0.0344. The predicted molar refractivity (Wildman–Crippen MR) is 49.9 cm³/mol. The molecule has 0 radical (unpaired) electrons. The third kappa shape index (κ3) is 3.04.